The predicted molar refractivity (Wildman–Crippen MR) is 96.5 cm³/mol. The molecule has 0 bridgehead atoms. The number of pyridine rings is 2. The van der Waals surface area contributed by atoms with Crippen molar-refractivity contribution in [2.75, 3.05) is 12.4 Å². The fraction of sp³-hybridized carbons (Fsp3) is 0.105. The topological polar surface area (TPSA) is 64.3 Å². The minimum absolute atomic E-state index is 0.287. The molecular formula is C19H16FN5O. The van der Waals surface area contributed by atoms with Gasteiger partial charge in [0.1, 0.15) is 23.7 Å². The molecule has 4 rings (SSSR count). The average Bonchev–Trinajstić information content (AvgIpc) is 3.18. The summed E-state index contributed by atoms with van der Waals surface area (Å²) in [4.78, 5) is 4.15. The molecule has 26 heavy (non-hydrogen) atoms. The largest absolute Gasteiger partial charge is 0.497 e. The van der Waals surface area contributed by atoms with Crippen LogP contribution < -0.4 is 10.1 Å². The number of benzene rings is 1. The summed E-state index contributed by atoms with van der Waals surface area (Å²) in [6.07, 6.45) is 5.13. The molecule has 6 nitrogen and oxygen atoms in total. The Morgan fingerprint density at radius 2 is 2.12 bits per heavy atom. The Labute approximate surface area is 149 Å². The molecule has 0 radical (unpaired) electrons. The van der Waals surface area contributed by atoms with Gasteiger partial charge in [0.05, 0.1) is 7.11 Å². The van der Waals surface area contributed by atoms with Crippen LogP contribution in [0.25, 0.3) is 16.8 Å². The zero-order valence-corrected chi connectivity index (χ0v) is 14.1. The quantitative estimate of drug-likeness (QED) is 0.597. The van der Waals surface area contributed by atoms with E-state index in [1.165, 1.54) is 6.07 Å². The van der Waals surface area contributed by atoms with E-state index in [1.54, 1.807) is 38.0 Å². The molecule has 0 spiro atoms. The molecule has 0 amide bonds. The second-order valence-electron chi connectivity index (χ2n) is 5.71. The van der Waals surface area contributed by atoms with E-state index in [2.05, 4.69) is 20.5 Å². The molecular weight excluding hydrogens is 333 g/mol. The summed E-state index contributed by atoms with van der Waals surface area (Å²) < 4.78 is 21.0. The number of anilines is 1. The van der Waals surface area contributed by atoms with E-state index >= 15 is 0 Å². The molecule has 7 heteroatoms. The number of nitrogens with zero attached hydrogens (tertiary/aromatic N) is 4. The lowest BCUT2D eigenvalue weighted by Crippen LogP contribution is -2.06. The summed E-state index contributed by atoms with van der Waals surface area (Å²) in [5, 5.41) is 11.4. The molecule has 0 saturated heterocycles. The Morgan fingerprint density at radius 1 is 1.19 bits per heavy atom. The van der Waals surface area contributed by atoms with Gasteiger partial charge in [0, 0.05) is 35.6 Å². The maximum absolute atomic E-state index is 14.0. The Morgan fingerprint density at radius 3 is 2.92 bits per heavy atom. The van der Waals surface area contributed by atoms with Crippen molar-refractivity contribution >= 4 is 11.5 Å². The maximum atomic E-state index is 14.0. The lowest BCUT2D eigenvalue weighted by molar-refractivity contribution is 0.413. The maximum Gasteiger partial charge on any atom is 0.170 e. The predicted octanol–water partition coefficient (Wildman–Crippen LogP) is 3.55. The molecule has 0 saturated carbocycles. The fourth-order valence-corrected chi connectivity index (χ4v) is 2.80. The highest BCUT2D eigenvalue weighted by Gasteiger charge is 2.11. The Bertz CT molecular complexity index is 1050. The van der Waals surface area contributed by atoms with Crippen molar-refractivity contribution < 1.29 is 9.13 Å². The van der Waals surface area contributed by atoms with Gasteiger partial charge in [-0.25, -0.2) is 4.39 Å². The summed E-state index contributed by atoms with van der Waals surface area (Å²) in [5.41, 5.74) is 3.10. The first-order valence-electron chi connectivity index (χ1n) is 8.05. The minimum Gasteiger partial charge on any atom is -0.497 e. The SMILES string of the molecule is COc1ccc(F)c(CNc2ccc(-c3cccnc3)c3nncn23)c1. The number of nitrogens with one attached hydrogen (secondary N) is 1. The Hall–Kier alpha value is -3.48. The van der Waals surface area contributed by atoms with Crippen LogP contribution in [0.4, 0.5) is 10.2 Å². The molecule has 3 heterocycles. The number of ether oxygens (including phenoxy) is 1. The fourth-order valence-electron chi connectivity index (χ4n) is 2.80. The van der Waals surface area contributed by atoms with Crippen LogP contribution in [0.1, 0.15) is 5.56 Å². The third-order valence-corrected chi connectivity index (χ3v) is 4.14. The van der Waals surface area contributed by atoms with E-state index in [4.69, 9.17) is 4.74 Å². The summed E-state index contributed by atoms with van der Waals surface area (Å²) in [6, 6.07) is 12.4. The van der Waals surface area contributed by atoms with Gasteiger partial charge in [0.25, 0.3) is 0 Å². The molecule has 0 aliphatic carbocycles. The van der Waals surface area contributed by atoms with Gasteiger partial charge >= 0.3 is 0 Å². The Balaban J connectivity index is 1.66. The third-order valence-electron chi connectivity index (χ3n) is 4.14. The molecule has 0 aliphatic rings. The van der Waals surface area contributed by atoms with Crippen molar-refractivity contribution in [1.82, 2.24) is 19.6 Å². The second kappa shape index (κ2) is 6.79. The molecule has 0 fully saturated rings. The lowest BCUT2D eigenvalue weighted by atomic mass is 10.1. The Kier molecular flexibility index (Phi) is 4.18. The van der Waals surface area contributed by atoms with Crippen molar-refractivity contribution in [3.05, 3.63) is 72.6 Å². The second-order valence-corrected chi connectivity index (χ2v) is 5.71. The molecule has 130 valence electrons. The van der Waals surface area contributed by atoms with Crippen molar-refractivity contribution in [2.45, 2.75) is 6.54 Å². The number of aromatic nitrogens is 4. The molecule has 0 aliphatic heterocycles. The lowest BCUT2D eigenvalue weighted by Gasteiger charge is -2.12. The van der Waals surface area contributed by atoms with Gasteiger partial charge in [-0.3, -0.25) is 9.38 Å². The summed E-state index contributed by atoms with van der Waals surface area (Å²) in [6.45, 7) is 0.308. The number of hydrogen-bond acceptors (Lipinski definition) is 5. The monoisotopic (exact) mass is 349 g/mol. The van der Waals surface area contributed by atoms with Crippen molar-refractivity contribution in [3.8, 4) is 16.9 Å². The van der Waals surface area contributed by atoms with Crippen LogP contribution in [0.5, 0.6) is 5.75 Å². The molecule has 0 atom stereocenters. The van der Waals surface area contributed by atoms with E-state index in [-0.39, 0.29) is 5.82 Å². The number of fused-ring (bicyclic) bond motifs is 1. The first-order valence-corrected chi connectivity index (χ1v) is 8.05. The third kappa shape index (κ3) is 2.95. The zero-order chi connectivity index (χ0) is 17.9. The number of methoxy groups -OCH3 is 1. The van der Waals surface area contributed by atoms with Gasteiger partial charge in [-0.15, -0.1) is 10.2 Å². The van der Waals surface area contributed by atoms with Crippen LogP contribution >= 0.6 is 0 Å². The highest BCUT2D eigenvalue weighted by molar-refractivity contribution is 5.78. The first kappa shape index (κ1) is 16.0. The average molecular weight is 349 g/mol. The summed E-state index contributed by atoms with van der Waals surface area (Å²) >= 11 is 0. The van der Waals surface area contributed by atoms with Gasteiger partial charge in [-0.2, -0.15) is 0 Å². The molecule has 0 unspecified atom stereocenters. The standard InChI is InChI=1S/C19H16FN5O/c1-26-15-4-6-17(20)14(9-15)11-22-18-7-5-16(13-3-2-8-21-10-13)19-24-23-12-25(18)19/h2-10,12,22H,11H2,1H3. The number of halogens is 1. The van der Waals surface area contributed by atoms with Gasteiger partial charge < -0.3 is 10.1 Å². The minimum atomic E-state index is -0.287. The van der Waals surface area contributed by atoms with Crippen molar-refractivity contribution in [2.24, 2.45) is 0 Å². The van der Waals surface area contributed by atoms with Crippen LogP contribution in [-0.4, -0.2) is 26.7 Å². The van der Waals surface area contributed by atoms with E-state index in [1.807, 2.05) is 28.7 Å². The normalized spacial score (nSPS) is 10.8. The van der Waals surface area contributed by atoms with E-state index in [0.29, 0.717) is 23.5 Å². The van der Waals surface area contributed by atoms with Gasteiger partial charge in [0.2, 0.25) is 0 Å². The highest BCUT2D eigenvalue weighted by Crippen LogP contribution is 2.26. The number of hydrogen-bond donors (Lipinski definition) is 1. The molecule has 4 aromatic rings. The van der Waals surface area contributed by atoms with Gasteiger partial charge in [-0.1, -0.05) is 6.07 Å². The van der Waals surface area contributed by atoms with Crippen LogP contribution in [0.2, 0.25) is 0 Å². The van der Waals surface area contributed by atoms with E-state index in [0.717, 1.165) is 16.9 Å². The van der Waals surface area contributed by atoms with Crippen molar-refractivity contribution in [3.63, 3.8) is 0 Å². The smallest absolute Gasteiger partial charge is 0.170 e. The van der Waals surface area contributed by atoms with Gasteiger partial charge in [0.15, 0.2) is 5.65 Å². The van der Waals surface area contributed by atoms with Crippen LogP contribution in [0.15, 0.2) is 61.2 Å². The van der Waals surface area contributed by atoms with E-state index in [9.17, 15) is 4.39 Å². The van der Waals surface area contributed by atoms with Crippen LogP contribution in [-0.2, 0) is 6.54 Å². The van der Waals surface area contributed by atoms with Crippen LogP contribution in [0.3, 0.4) is 0 Å². The first-order chi connectivity index (χ1) is 12.8. The molecule has 3 aromatic heterocycles. The van der Waals surface area contributed by atoms with Crippen molar-refractivity contribution in [1.29, 1.82) is 0 Å². The van der Waals surface area contributed by atoms with E-state index < -0.39 is 0 Å². The summed E-state index contributed by atoms with van der Waals surface area (Å²) in [5.74, 6) is 1.09. The highest BCUT2D eigenvalue weighted by atomic mass is 19.1. The van der Waals surface area contributed by atoms with Gasteiger partial charge in [-0.05, 0) is 36.4 Å². The zero-order valence-electron chi connectivity index (χ0n) is 14.1. The van der Waals surface area contributed by atoms with Crippen LogP contribution in [0, 0.1) is 5.82 Å². The number of rotatable bonds is 5. The molecule has 1 aromatic carbocycles. The molecule has 1 N–H and O–H groups in total. The summed E-state index contributed by atoms with van der Waals surface area (Å²) in [7, 11) is 1.56.